The number of rotatable bonds is 10. The van der Waals surface area contributed by atoms with E-state index in [9.17, 15) is 9.18 Å². The lowest BCUT2D eigenvalue weighted by Crippen LogP contribution is -2.07. The van der Waals surface area contributed by atoms with Gasteiger partial charge in [0, 0.05) is 10.9 Å². The van der Waals surface area contributed by atoms with Crippen molar-refractivity contribution in [1.29, 1.82) is 0 Å². The lowest BCUT2D eigenvalue weighted by molar-refractivity contribution is -0.142. The standard InChI is InChI=1S/C22H21ClFN3O4S/c1-3-30-21(28)10-15-13-32-22(26-15)27-25-11-14-7-8-19(20(9-14)29-2)31-12-16-17(23)5-4-6-18(16)24/h4-9,11,13H,3,10,12H2,1-2H3,(H,26,27)/b25-11+. The number of aromatic nitrogens is 1. The van der Waals surface area contributed by atoms with Gasteiger partial charge in [0.05, 0.1) is 37.1 Å². The van der Waals surface area contributed by atoms with Gasteiger partial charge in [-0.15, -0.1) is 11.3 Å². The van der Waals surface area contributed by atoms with Gasteiger partial charge < -0.3 is 14.2 Å². The number of methoxy groups -OCH3 is 1. The van der Waals surface area contributed by atoms with E-state index in [2.05, 4.69) is 15.5 Å². The Hall–Kier alpha value is -3.17. The largest absolute Gasteiger partial charge is 0.493 e. The number of nitrogens with zero attached hydrogens (tertiary/aromatic N) is 2. The van der Waals surface area contributed by atoms with Gasteiger partial charge in [0.25, 0.3) is 0 Å². The number of ether oxygens (including phenoxy) is 3. The fraction of sp³-hybridized carbons (Fsp3) is 0.227. The molecule has 0 bridgehead atoms. The van der Waals surface area contributed by atoms with E-state index in [1.807, 2.05) is 0 Å². The molecule has 10 heteroatoms. The van der Waals surface area contributed by atoms with Crippen LogP contribution in [0.4, 0.5) is 9.52 Å². The summed E-state index contributed by atoms with van der Waals surface area (Å²) >= 11 is 7.37. The smallest absolute Gasteiger partial charge is 0.311 e. The Kier molecular flexibility index (Phi) is 8.41. The zero-order valence-electron chi connectivity index (χ0n) is 17.4. The van der Waals surface area contributed by atoms with E-state index in [-0.39, 0.29) is 24.6 Å². The number of carbonyl (C=O) groups is 1. The molecule has 0 aliphatic heterocycles. The summed E-state index contributed by atoms with van der Waals surface area (Å²) in [5.41, 5.74) is 4.46. The fourth-order valence-corrected chi connectivity index (χ4v) is 3.54. The van der Waals surface area contributed by atoms with Crippen molar-refractivity contribution in [3.05, 3.63) is 69.4 Å². The number of anilines is 1. The second kappa shape index (κ2) is 11.4. The maximum atomic E-state index is 13.9. The molecule has 0 unspecified atom stereocenters. The molecule has 0 amide bonds. The molecule has 0 aliphatic rings. The van der Waals surface area contributed by atoms with Crippen LogP contribution >= 0.6 is 22.9 Å². The topological polar surface area (TPSA) is 82.0 Å². The highest BCUT2D eigenvalue weighted by molar-refractivity contribution is 7.13. The van der Waals surface area contributed by atoms with Crippen molar-refractivity contribution in [1.82, 2.24) is 4.98 Å². The summed E-state index contributed by atoms with van der Waals surface area (Å²) in [6.07, 6.45) is 1.71. The second-order valence-electron chi connectivity index (χ2n) is 6.39. The molecule has 0 radical (unpaired) electrons. The van der Waals surface area contributed by atoms with Crippen LogP contribution in [0.15, 0.2) is 46.9 Å². The zero-order chi connectivity index (χ0) is 22.9. The number of esters is 1. The highest BCUT2D eigenvalue weighted by Gasteiger charge is 2.11. The van der Waals surface area contributed by atoms with E-state index >= 15 is 0 Å². The van der Waals surface area contributed by atoms with Crippen molar-refractivity contribution < 1.29 is 23.4 Å². The van der Waals surface area contributed by atoms with Gasteiger partial charge in [0.1, 0.15) is 12.4 Å². The normalized spacial score (nSPS) is 10.9. The molecular formula is C22H21ClFN3O4S. The molecule has 168 valence electrons. The SMILES string of the molecule is CCOC(=O)Cc1csc(N/N=C/c2ccc(OCc3c(F)cccc3Cl)c(OC)c2)n1. The Balaban J connectivity index is 1.60. The van der Waals surface area contributed by atoms with Crippen LogP contribution in [0.3, 0.4) is 0 Å². The first kappa shape index (κ1) is 23.5. The van der Waals surface area contributed by atoms with Gasteiger partial charge in [-0.1, -0.05) is 17.7 Å². The van der Waals surface area contributed by atoms with Gasteiger partial charge in [-0.2, -0.15) is 5.10 Å². The van der Waals surface area contributed by atoms with Crippen molar-refractivity contribution in [2.45, 2.75) is 20.0 Å². The number of carbonyl (C=O) groups excluding carboxylic acids is 1. The number of halogens is 2. The van der Waals surface area contributed by atoms with E-state index in [0.29, 0.717) is 34.0 Å². The number of thiazole rings is 1. The molecule has 1 N–H and O–H groups in total. The van der Waals surface area contributed by atoms with Gasteiger partial charge in [-0.25, -0.2) is 9.37 Å². The van der Waals surface area contributed by atoms with Crippen molar-refractivity contribution in [3.8, 4) is 11.5 Å². The summed E-state index contributed by atoms with van der Waals surface area (Å²) in [7, 11) is 1.51. The average molecular weight is 478 g/mol. The van der Waals surface area contributed by atoms with Gasteiger partial charge in [-0.05, 0) is 42.8 Å². The number of nitrogens with one attached hydrogen (secondary N) is 1. The van der Waals surface area contributed by atoms with Crippen LogP contribution in [-0.2, 0) is 22.6 Å². The van der Waals surface area contributed by atoms with Gasteiger partial charge in [-0.3, -0.25) is 10.2 Å². The van der Waals surface area contributed by atoms with E-state index in [1.165, 1.54) is 30.6 Å². The molecule has 7 nitrogen and oxygen atoms in total. The summed E-state index contributed by atoms with van der Waals surface area (Å²) in [5.74, 6) is 0.159. The van der Waals surface area contributed by atoms with E-state index in [0.717, 1.165) is 5.56 Å². The van der Waals surface area contributed by atoms with E-state index < -0.39 is 5.82 Å². The maximum Gasteiger partial charge on any atom is 0.311 e. The van der Waals surface area contributed by atoms with Crippen LogP contribution in [0.5, 0.6) is 11.5 Å². The van der Waals surface area contributed by atoms with Gasteiger partial charge >= 0.3 is 5.97 Å². The minimum Gasteiger partial charge on any atom is -0.493 e. The molecule has 32 heavy (non-hydrogen) atoms. The quantitative estimate of drug-likeness (QED) is 0.249. The van der Waals surface area contributed by atoms with Crippen LogP contribution in [0, 0.1) is 5.82 Å². The van der Waals surface area contributed by atoms with Crippen LogP contribution in [0.2, 0.25) is 5.02 Å². The molecular weight excluding hydrogens is 457 g/mol. The molecule has 3 rings (SSSR count). The molecule has 0 atom stereocenters. The summed E-state index contributed by atoms with van der Waals surface area (Å²) in [6.45, 7) is 2.06. The predicted molar refractivity (Wildman–Crippen MR) is 122 cm³/mol. The van der Waals surface area contributed by atoms with Gasteiger partial charge in [0.15, 0.2) is 11.5 Å². The average Bonchev–Trinajstić information content (AvgIpc) is 3.21. The fourth-order valence-electron chi connectivity index (χ4n) is 2.67. The number of hydrazone groups is 1. The molecule has 2 aromatic carbocycles. The Morgan fingerprint density at radius 2 is 2.16 bits per heavy atom. The van der Waals surface area contributed by atoms with Crippen LogP contribution < -0.4 is 14.9 Å². The van der Waals surface area contributed by atoms with Crippen molar-refractivity contribution in [2.75, 3.05) is 19.1 Å². The summed E-state index contributed by atoms with van der Waals surface area (Å²) in [4.78, 5) is 15.8. The Morgan fingerprint density at radius 1 is 1.31 bits per heavy atom. The van der Waals surface area contributed by atoms with Crippen molar-refractivity contribution in [3.63, 3.8) is 0 Å². The summed E-state index contributed by atoms with van der Waals surface area (Å²) in [6, 6.07) is 9.69. The van der Waals surface area contributed by atoms with Crippen LogP contribution in [-0.4, -0.2) is 30.9 Å². The summed E-state index contributed by atoms with van der Waals surface area (Å²) in [5, 5.41) is 6.77. The summed E-state index contributed by atoms with van der Waals surface area (Å²) < 4.78 is 29.9. The van der Waals surface area contributed by atoms with Gasteiger partial charge in [0.2, 0.25) is 5.13 Å². The number of hydrogen-bond donors (Lipinski definition) is 1. The third-order valence-corrected chi connectivity index (χ3v) is 5.33. The molecule has 0 spiro atoms. The first-order valence-corrected chi connectivity index (χ1v) is 10.9. The lowest BCUT2D eigenvalue weighted by Gasteiger charge is -2.12. The minimum atomic E-state index is -0.432. The zero-order valence-corrected chi connectivity index (χ0v) is 19.0. The van der Waals surface area contributed by atoms with Crippen molar-refractivity contribution in [2.24, 2.45) is 5.10 Å². The minimum absolute atomic E-state index is 0.0327. The third-order valence-electron chi connectivity index (χ3n) is 4.18. The Morgan fingerprint density at radius 3 is 2.91 bits per heavy atom. The first-order valence-electron chi connectivity index (χ1n) is 9.63. The predicted octanol–water partition coefficient (Wildman–Crippen LogP) is 5.07. The second-order valence-corrected chi connectivity index (χ2v) is 7.66. The highest BCUT2D eigenvalue weighted by atomic mass is 35.5. The Bertz CT molecular complexity index is 1090. The molecule has 1 heterocycles. The van der Waals surface area contributed by atoms with Crippen LogP contribution in [0.1, 0.15) is 23.7 Å². The van der Waals surface area contributed by atoms with Crippen LogP contribution in [0.25, 0.3) is 0 Å². The monoisotopic (exact) mass is 477 g/mol. The molecule has 0 aliphatic carbocycles. The molecule has 1 aromatic heterocycles. The van der Waals surface area contributed by atoms with E-state index in [4.69, 9.17) is 25.8 Å². The highest BCUT2D eigenvalue weighted by Crippen LogP contribution is 2.30. The lowest BCUT2D eigenvalue weighted by atomic mass is 10.2. The molecule has 0 fully saturated rings. The third kappa shape index (κ3) is 6.41. The Labute approximate surface area is 193 Å². The number of hydrogen-bond acceptors (Lipinski definition) is 8. The first-order chi connectivity index (χ1) is 15.5. The molecule has 0 saturated carbocycles. The maximum absolute atomic E-state index is 13.9. The van der Waals surface area contributed by atoms with Crippen molar-refractivity contribution >= 4 is 40.3 Å². The number of benzene rings is 2. The van der Waals surface area contributed by atoms with E-state index in [1.54, 1.807) is 42.8 Å². The molecule has 3 aromatic rings. The molecule has 0 saturated heterocycles.